The van der Waals surface area contributed by atoms with Gasteiger partial charge < -0.3 is 0 Å². The van der Waals surface area contributed by atoms with Crippen molar-refractivity contribution in [2.75, 3.05) is 0 Å². The molecule has 0 fully saturated rings. The summed E-state index contributed by atoms with van der Waals surface area (Å²) in [4.78, 5) is 9.62. The van der Waals surface area contributed by atoms with E-state index < -0.39 is 0 Å². The van der Waals surface area contributed by atoms with Gasteiger partial charge in [0.05, 0.1) is 10.4 Å². The van der Waals surface area contributed by atoms with Crippen LogP contribution in [0.3, 0.4) is 0 Å². The predicted molar refractivity (Wildman–Crippen MR) is 62.0 cm³/mol. The average Bonchev–Trinajstić information content (AvgIpc) is 2.62. The normalized spacial score (nSPS) is 12.5. The molecule has 0 amide bonds. The standard InChI is InChI=1S/C11H14N2S/c1-4-6-10-11(14-8-13-10)7-12-9(3)5-2/h7-9H,5H2,1-3H3/b12-7-. The smallest absolute Gasteiger partial charge is 0.132 e. The van der Waals surface area contributed by atoms with Crippen molar-refractivity contribution in [1.82, 2.24) is 4.98 Å². The van der Waals surface area contributed by atoms with Gasteiger partial charge in [-0.15, -0.1) is 11.3 Å². The molecule has 0 aliphatic heterocycles. The van der Waals surface area contributed by atoms with Crippen molar-refractivity contribution in [2.45, 2.75) is 33.2 Å². The highest BCUT2D eigenvalue weighted by Crippen LogP contribution is 2.10. The van der Waals surface area contributed by atoms with Crippen molar-refractivity contribution < 1.29 is 0 Å². The fraction of sp³-hybridized carbons (Fsp3) is 0.455. The zero-order chi connectivity index (χ0) is 10.4. The molecule has 3 heteroatoms. The summed E-state index contributed by atoms with van der Waals surface area (Å²) < 4.78 is 0. The predicted octanol–water partition coefficient (Wildman–Crippen LogP) is 2.73. The van der Waals surface area contributed by atoms with Crippen LogP contribution in [0.1, 0.15) is 37.8 Å². The number of hydrogen-bond acceptors (Lipinski definition) is 3. The zero-order valence-electron chi connectivity index (χ0n) is 8.74. The number of hydrogen-bond donors (Lipinski definition) is 0. The van der Waals surface area contributed by atoms with Crippen LogP contribution < -0.4 is 0 Å². The number of aliphatic imine (C=N–C) groups is 1. The molecule has 1 atom stereocenters. The van der Waals surface area contributed by atoms with Gasteiger partial charge in [-0.3, -0.25) is 4.99 Å². The van der Waals surface area contributed by atoms with Crippen molar-refractivity contribution in [3.8, 4) is 11.8 Å². The maximum atomic E-state index is 4.41. The molecule has 1 rings (SSSR count). The maximum Gasteiger partial charge on any atom is 0.132 e. The lowest BCUT2D eigenvalue weighted by Crippen LogP contribution is -1.95. The molecule has 0 bridgehead atoms. The zero-order valence-corrected chi connectivity index (χ0v) is 9.56. The second-order valence-corrected chi connectivity index (χ2v) is 3.86. The van der Waals surface area contributed by atoms with Crippen LogP contribution in [0.15, 0.2) is 10.5 Å². The van der Waals surface area contributed by atoms with E-state index in [9.17, 15) is 0 Å². The lowest BCUT2D eigenvalue weighted by atomic mass is 10.3. The lowest BCUT2D eigenvalue weighted by Gasteiger charge is -1.98. The van der Waals surface area contributed by atoms with E-state index in [4.69, 9.17) is 0 Å². The molecule has 14 heavy (non-hydrogen) atoms. The Hall–Kier alpha value is -1.14. The summed E-state index contributed by atoms with van der Waals surface area (Å²) in [6.07, 6.45) is 2.94. The Labute approximate surface area is 89.1 Å². The van der Waals surface area contributed by atoms with E-state index in [2.05, 4.69) is 35.7 Å². The van der Waals surface area contributed by atoms with Gasteiger partial charge in [0.1, 0.15) is 5.69 Å². The van der Waals surface area contributed by atoms with Gasteiger partial charge in [0.25, 0.3) is 0 Å². The molecule has 0 aromatic carbocycles. The van der Waals surface area contributed by atoms with Crippen LogP contribution in [0.4, 0.5) is 0 Å². The van der Waals surface area contributed by atoms with E-state index in [1.807, 2.05) is 13.1 Å². The third-order valence-corrected chi connectivity index (χ3v) is 2.64. The average molecular weight is 206 g/mol. The molecule has 0 N–H and O–H groups in total. The molecule has 0 aliphatic rings. The summed E-state index contributed by atoms with van der Waals surface area (Å²) in [7, 11) is 0. The maximum absolute atomic E-state index is 4.41. The Morgan fingerprint density at radius 1 is 1.71 bits per heavy atom. The molecule has 0 saturated carbocycles. The third-order valence-electron chi connectivity index (χ3n) is 1.88. The van der Waals surface area contributed by atoms with Crippen molar-refractivity contribution >= 4 is 17.6 Å². The summed E-state index contributed by atoms with van der Waals surface area (Å²) in [6.45, 7) is 6.04. The number of thiazole rings is 1. The molecular formula is C11H14N2S. The third kappa shape index (κ3) is 2.97. The molecule has 1 aromatic rings. The topological polar surface area (TPSA) is 25.2 Å². The summed E-state index contributed by atoms with van der Waals surface area (Å²) in [6, 6.07) is 0.375. The Balaban J connectivity index is 2.79. The van der Waals surface area contributed by atoms with Crippen molar-refractivity contribution in [1.29, 1.82) is 0 Å². The van der Waals surface area contributed by atoms with Crippen molar-refractivity contribution in [2.24, 2.45) is 4.99 Å². The molecule has 0 radical (unpaired) electrons. The Morgan fingerprint density at radius 3 is 3.14 bits per heavy atom. The van der Waals surface area contributed by atoms with Crippen LogP contribution in [-0.4, -0.2) is 17.2 Å². The highest BCUT2D eigenvalue weighted by molar-refractivity contribution is 7.11. The van der Waals surface area contributed by atoms with Crippen LogP contribution in [0.25, 0.3) is 0 Å². The lowest BCUT2D eigenvalue weighted by molar-refractivity contribution is 0.720. The quantitative estimate of drug-likeness (QED) is 0.551. The van der Waals surface area contributed by atoms with Gasteiger partial charge in [-0.05, 0) is 26.2 Å². The second-order valence-electron chi connectivity index (χ2n) is 2.98. The van der Waals surface area contributed by atoms with Crippen molar-refractivity contribution in [3.63, 3.8) is 0 Å². The molecule has 1 heterocycles. The minimum absolute atomic E-state index is 0.375. The Kier molecular flexibility index (Phi) is 4.34. The number of nitrogens with zero attached hydrogens (tertiary/aromatic N) is 2. The van der Waals surface area contributed by atoms with Crippen molar-refractivity contribution in [3.05, 3.63) is 16.1 Å². The SMILES string of the molecule is CC#Cc1ncsc1/C=N\C(C)CC. The first kappa shape index (κ1) is 10.9. The van der Waals surface area contributed by atoms with E-state index in [0.717, 1.165) is 17.0 Å². The van der Waals surface area contributed by atoms with Crippen LogP contribution in [-0.2, 0) is 0 Å². The molecule has 1 aromatic heterocycles. The van der Waals surface area contributed by atoms with Gasteiger partial charge in [0.2, 0.25) is 0 Å². The fourth-order valence-corrected chi connectivity index (χ4v) is 1.47. The molecular weight excluding hydrogens is 192 g/mol. The Bertz CT molecular complexity index is 368. The summed E-state index contributed by atoms with van der Waals surface area (Å²) in [5, 5.41) is 0. The highest BCUT2D eigenvalue weighted by Gasteiger charge is 2.00. The number of rotatable bonds is 3. The van der Waals surface area contributed by atoms with Gasteiger partial charge in [-0.1, -0.05) is 12.8 Å². The first-order valence-electron chi connectivity index (χ1n) is 4.67. The van der Waals surface area contributed by atoms with E-state index in [1.54, 1.807) is 16.8 Å². The van der Waals surface area contributed by atoms with E-state index >= 15 is 0 Å². The van der Waals surface area contributed by atoms with Gasteiger partial charge in [0.15, 0.2) is 0 Å². The van der Waals surface area contributed by atoms with Crippen LogP contribution in [0.5, 0.6) is 0 Å². The minimum Gasteiger partial charge on any atom is -0.289 e. The first-order valence-corrected chi connectivity index (χ1v) is 5.55. The number of aromatic nitrogens is 1. The minimum atomic E-state index is 0.375. The summed E-state index contributed by atoms with van der Waals surface area (Å²) in [5.41, 5.74) is 2.64. The van der Waals surface area contributed by atoms with Gasteiger partial charge in [-0.25, -0.2) is 4.98 Å². The van der Waals surface area contributed by atoms with E-state index in [-0.39, 0.29) is 0 Å². The van der Waals surface area contributed by atoms with Gasteiger partial charge in [-0.2, -0.15) is 0 Å². The van der Waals surface area contributed by atoms with Gasteiger partial charge in [0, 0.05) is 12.3 Å². The van der Waals surface area contributed by atoms with Gasteiger partial charge >= 0.3 is 0 Å². The van der Waals surface area contributed by atoms with E-state index in [1.165, 1.54) is 0 Å². The monoisotopic (exact) mass is 206 g/mol. The largest absolute Gasteiger partial charge is 0.289 e. The molecule has 1 unspecified atom stereocenters. The summed E-state index contributed by atoms with van der Waals surface area (Å²) in [5.74, 6) is 5.80. The fourth-order valence-electron chi connectivity index (χ4n) is 0.859. The highest BCUT2D eigenvalue weighted by atomic mass is 32.1. The first-order chi connectivity index (χ1) is 6.77. The summed E-state index contributed by atoms with van der Waals surface area (Å²) >= 11 is 1.58. The van der Waals surface area contributed by atoms with E-state index in [0.29, 0.717) is 6.04 Å². The molecule has 2 nitrogen and oxygen atoms in total. The molecule has 0 aliphatic carbocycles. The molecule has 0 saturated heterocycles. The molecule has 0 spiro atoms. The van der Waals surface area contributed by atoms with Crippen LogP contribution >= 0.6 is 11.3 Å². The Morgan fingerprint density at radius 2 is 2.50 bits per heavy atom. The van der Waals surface area contributed by atoms with Crippen LogP contribution in [0, 0.1) is 11.8 Å². The second kappa shape index (κ2) is 5.56. The van der Waals surface area contributed by atoms with Crippen LogP contribution in [0.2, 0.25) is 0 Å². The molecule has 74 valence electrons.